The topological polar surface area (TPSA) is 93.1 Å². The van der Waals surface area contributed by atoms with E-state index < -0.39 is 15.9 Å². The van der Waals surface area contributed by atoms with Crippen molar-refractivity contribution in [3.8, 4) is 5.69 Å². The highest BCUT2D eigenvalue weighted by Gasteiger charge is 2.18. The number of benzene rings is 1. The van der Waals surface area contributed by atoms with Crippen LogP contribution in [0.3, 0.4) is 0 Å². The molecule has 0 bridgehead atoms. The molecule has 23 heavy (non-hydrogen) atoms. The van der Waals surface area contributed by atoms with Gasteiger partial charge in [0.05, 0.1) is 12.5 Å². The highest BCUT2D eigenvalue weighted by Crippen LogP contribution is 2.15. The SMILES string of the molecule is O=C(NNS(=O)(=O)c1cccs1)c1cncn1-c1ccccc1. The molecule has 0 aliphatic heterocycles. The third-order valence-electron chi connectivity index (χ3n) is 2.96. The van der Waals surface area contributed by atoms with Gasteiger partial charge >= 0.3 is 0 Å². The number of imidazole rings is 1. The number of aromatic nitrogens is 2. The Morgan fingerprint density at radius 1 is 1.13 bits per heavy atom. The van der Waals surface area contributed by atoms with Gasteiger partial charge in [0.15, 0.2) is 0 Å². The van der Waals surface area contributed by atoms with E-state index in [1.807, 2.05) is 30.3 Å². The van der Waals surface area contributed by atoms with Crippen LogP contribution in [0, 0.1) is 0 Å². The van der Waals surface area contributed by atoms with Crippen molar-refractivity contribution in [3.05, 3.63) is 66.1 Å². The molecule has 0 aliphatic carbocycles. The number of thiophene rings is 1. The van der Waals surface area contributed by atoms with Crippen molar-refractivity contribution in [2.24, 2.45) is 0 Å². The second kappa shape index (κ2) is 6.32. The zero-order valence-corrected chi connectivity index (χ0v) is 13.3. The van der Waals surface area contributed by atoms with E-state index in [9.17, 15) is 13.2 Å². The summed E-state index contributed by atoms with van der Waals surface area (Å²) in [6, 6.07) is 12.2. The molecule has 1 amide bonds. The first-order valence-electron chi connectivity index (χ1n) is 6.51. The highest BCUT2D eigenvalue weighted by atomic mass is 32.2. The van der Waals surface area contributed by atoms with Crippen molar-refractivity contribution in [2.75, 3.05) is 0 Å². The van der Waals surface area contributed by atoms with E-state index in [-0.39, 0.29) is 9.90 Å². The summed E-state index contributed by atoms with van der Waals surface area (Å²) < 4.78 is 25.7. The summed E-state index contributed by atoms with van der Waals surface area (Å²) in [7, 11) is -3.77. The van der Waals surface area contributed by atoms with Crippen molar-refractivity contribution in [2.45, 2.75) is 4.21 Å². The molecule has 3 aromatic rings. The molecule has 1 aromatic carbocycles. The van der Waals surface area contributed by atoms with Crippen LogP contribution in [0.5, 0.6) is 0 Å². The third kappa shape index (κ3) is 3.31. The molecule has 0 unspecified atom stereocenters. The number of hydrogen-bond acceptors (Lipinski definition) is 5. The van der Waals surface area contributed by atoms with Gasteiger partial charge in [-0.25, -0.2) is 13.4 Å². The normalized spacial score (nSPS) is 11.3. The molecule has 0 radical (unpaired) electrons. The standard InChI is InChI=1S/C14H12N4O3S2/c19-14(16-17-23(20,21)13-7-4-8-22-13)12-9-15-10-18(12)11-5-2-1-3-6-11/h1-10,17H,(H,16,19). The van der Waals surface area contributed by atoms with Gasteiger partial charge in [-0.05, 0) is 23.6 Å². The van der Waals surface area contributed by atoms with E-state index >= 15 is 0 Å². The Kier molecular flexibility index (Phi) is 4.24. The minimum absolute atomic E-state index is 0.120. The fourth-order valence-corrected chi connectivity index (χ4v) is 3.73. The average Bonchev–Trinajstić information content (AvgIpc) is 3.25. The zero-order valence-electron chi connectivity index (χ0n) is 11.7. The number of carbonyl (C=O) groups is 1. The van der Waals surface area contributed by atoms with Gasteiger partial charge in [-0.15, -0.1) is 16.2 Å². The van der Waals surface area contributed by atoms with Gasteiger partial charge < -0.3 is 0 Å². The molecule has 2 heterocycles. The second-order valence-corrected chi connectivity index (χ2v) is 7.33. The first kappa shape index (κ1) is 15.4. The number of para-hydroxylation sites is 1. The predicted molar refractivity (Wildman–Crippen MR) is 85.7 cm³/mol. The minimum atomic E-state index is -3.77. The molecule has 0 saturated heterocycles. The maximum atomic E-state index is 12.2. The highest BCUT2D eigenvalue weighted by molar-refractivity contribution is 7.91. The number of hydrazine groups is 1. The van der Waals surface area contributed by atoms with E-state index in [1.165, 1.54) is 18.6 Å². The second-order valence-electron chi connectivity index (χ2n) is 4.48. The Hall–Kier alpha value is -2.49. The molecule has 0 aliphatic rings. The number of nitrogens with one attached hydrogen (secondary N) is 2. The Morgan fingerprint density at radius 3 is 2.61 bits per heavy atom. The van der Waals surface area contributed by atoms with Crippen LogP contribution < -0.4 is 10.3 Å². The zero-order chi connectivity index (χ0) is 16.3. The van der Waals surface area contributed by atoms with Crippen molar-refractivity contribution in [1.82, 2.24) is 19.8 Å². The van der Waals surface area contributed by atoms with Crippen LogP contribution in [0.4, 0.5) is 0 Å². The molecule has 0 atom stereocenters. The van der Waals surface area contributed by atoms with Crippen LogP contribution in [-0.4, -0.2) is 23.9 Å². The molecule has 2 N–H and O–H groups in total. The molecular weight excluding hydrogens is 336 g/mol. The van der Waals surface area contributed by atoms with Crippen LogP contribution in [0.1, 0.15) is 10.5 Å². The largest absolute Gasteiger partial charge is 0.295 e. The van der Waals surface area contributed by atoms with Gasteiger partial charge in [0.25, 0.3) is 15.9 Å². The fourth-order valence-electron chi connectivity index (χ4n) is 1.90. The molecule has 9 heteroatoms. The van der Waals surface area contributed by atoms with Crippen molar-refractivity contribution < 1.29 is 13.2 Å². The Balaban J connectivity index is 1.77. The monoisotopic (exact) mass is 348 g/mol. The summed E-state index contributed by atoms with van der Waals surface area (Å²) in [5.74, 6) is -0.605. The van der Waals surface area contributed by atoms with Crippen LogP contribution in [0.2, 0.25) is 0 Å². The van der Waals surface area contributed by atoms with E-state index in [4.69, 9.17) is 0 Å². The van der Waals surface area contributed by atoms with Gasteiger partial charge in [-0.1, -0.05) is 24.3 Å². The van der Waals surface area contributed by atoms with Gasteiger partial charge in [0.2, 0.25) is 0 Å². The quantitative estimate of drug-likeness (QED) is 0.684. The first-order chi connectivity index (χ1) is 11.1. The predicted octanol–water partition coefficient (Wildman–Crippen LogP) is 1.56. The molecule has 0 saturated carbocycles. The maximum absolute atomic E-state index is 12.2. The summed E-state index contributed by atoms with van der Waals surface area (Å²) in [4.78, 5) is 18.2. The molecule has 0 fully saturated rings. The number of sulfonamides is 1. The van der Waals surface area contributed by atoms with Gasteiger partial charge in [0, 0.05) is 5.69 Å². The molecule has 0 spiro atoms. The minimum Gasteiger partial charge on any atom is -0.295 e. The van der Waals surface area contributed by atoms with Gasteiger partial charge in [0.1, 0.15) is 9.90 Å². The average molecular weight is 348 g/mol. The molecular formula is C14H12N4O3S2. The molecule has 3 rings (SSSR count). The summed E-state index contributed by atoms with van der Waals surface area (Å²) in [5.41, 5.74) is 3.15. The lowest BCUT2D eigenvalue weighted by atomic mass is 10.3. The van der Waals surface area contributed by atoms with E-state index in [2.05, 4.69) is 15.2 Å². The smallest absolute Gasteiger partial charge is 0.284 e. The summed E-state index contributed by atoms with van der Waals surface area (Å²) in [6.07, 6.45) is 2.85. The Labute approximate surface area is 136 Å². The van der Waals surface area contributed by atoms with Crippen LogP contribution in [0.25, 0.3) is 5.69 Å². The Morgan fingerprint density at radius 2 is 1.91 bits per heavy atom. The van der Waals surface area contributed by atoms with Crippen molar-refractivity contribution >= 4 is 27.3 Å². The summed E-state index contributed by atoms with van der Waals surface area (Å²) in [5, 5.41) is 1.64. The number of carbonyl (C=O) groups excluding carboxylic acids is 1. The first-order valence-corrected chi connectivity index (χ1v) is 8.87. The van der Waals surface area contributed by atoms with Crippen molar-refractivity contribution in [1.29, 1.82) is 0 Å². The van der Waals surface area contributed by atoms with Gasteiger partial charge in [-0.2, -0.15) is 0 Å². The number of nitrogens with zero attached hydrogens (tertiary/aromatic N) is 2. The van der Waals surface area contributed by atoms with Crippen LogP contribution >= 0.6 is 11.3 Å². The maximum Gasteiger partial charge on any atom is 0.284 e. The summed E-state index contributed by atoms with van der Waals surface area (Å²) >= 11 is 1.06. The van der Waals surface area contributed by atoms with Crippen molar-refractivity contribution in [3.63, 3.8) is 0 Å². The summed E-state index contributed by atoms with van der Waals surface area (Å²) in [6.45, 7) is 0. The lowest BCUT2D eigenvalue weighted by Gasteiger charge is -2.09. The van der Waals surface area contributed by atoms with Gasteiger partial charge in [-0.3, -0.25) is 14.8 Å². The van der Waals surface area contributed by atoms with Crippen LogP contribution in [-0.2, 0) is 10.0 Å². The lowest BCUT2D eigenvalue weighted by molar-refractivity contribution is 0.0938. The lowest BCUT2D eigenvalue weighted by Crippen LogP contribution is -2.41. The number of amides is 1. The third-order valence-corrected chi connectivity index (χ3v) is 5.61. The molecule has 2 aromatic heterocycles. The van der Waals surface area contributed by atoms with E-state index in [0.29, 0.717) is 0 Å². The fraction of sp³-hybridized carbons (Fsp3) is 0. The van der Waals surface area contributed by atoms with Crippen LogP contribution in [0.15, 0.2) is 64.6 Å². The molecule has 118 valence electrons. The number of rotatable bonds is 5. The Bertz CT molecular complexity index is 903. The van der Waals surface area contributed by atoms with E-state index in [1.54, 1.807) is 16.0 Å². The molecule has 7 nitrogen and oxygen atoms in total. The van der Waals surface area contributed by atoms with E-state index in [0.717, 1.165) is 17.0 Å². The number of hydrogen-bond donors (Lipinski definition) is 2.